The van der Waals surface area contributed by atoms with Crippen LogP contribution in [0.4, 0.5) is 0 Å². The molecular formula is C22H25NO5. The summed E-state index contributed by atoms with van der Waals surface area (Å²) in [5.41, 5.74) is 2.16. The quantitative estimate of drug-likeness (QED) is 0.699. The first-order valence-electron chi connectivity index (χ1n) is 9.56. The molecule has 1 aliphatic heterocycles. The Labute approximate surface area is 165 Å². The molecule has 1 heterocycles. The van der Waals surface area contributed by atoms with Gasteiger partial charge in [0.15, 0.2) is 23.0 Å². The second-order valence-corrected chi connectivity index (χ2v) is 7.16. The Morgan fingerprint density at radius 3 is 2.50 bits per heavy atom. The van der Waals surface area contributed by atoms with Crippen molar-refractivity contribution >= 4 is 5.91 Å². The molecule has 0 bridgehead atoms. The number of benzene rings is 2. The minimum absolute atomic E-state index is 0.180. The third-order valence-electron chi connectivity index (χ3n) is 5.17. The maximum atomic E-state index is 12.8. The number of methoxy groups -OCH3 is 2. The fourth-order valence-electron chi connectivity index (χ4n) is 3.42. The first-order valence-corrected chi connectivity index (χ1v) is 9.56. The zero-order valence-corrected chi connectivity index (χ0v) is 16.3. The van der Waals surface area contributed by atoms with Gasteiger partial charge in [-0.2, -0.15) is 0 Å². The van der Waals surface area contributed by atoms with Crippen LogP contribution in [0.3, 0.4) is 0 Å². The summed E-state index contributed by atoms with van der Waals surface area (Å²) in [7, 11) is 3.25. The minimum Gasteiger partial charge on any atom is -0.493 e. The fraction of sp³-hybridized carbons (Fsp3) is 0.409. The summed E-state index contributed by atoms with van der Waals surface area (Å²) >= 11 is 0. The SMILES string of the molecule is COc1ccc(CCN(Cc2ccc3c(c2)OCO3)C(=O)C2CC2)cc1OC. The van der Waals surface area contributed by atoms with Crippen LogP contribution in [0.1, 0.15) is 24.0 Å². The lowest BCUT2D eigenvalue weighted by Crippen LogP contribution is -2.33. The summed E-state index contributed by atoms with van der Waals surface area (Å²) in [4.78, 5) is 14.8. The molecule has 28 heavy (non-hydrogen) atoms. The van der Waals surface area contributed by atoms with Crippen LogP contribution in [0.15, 0.2) is 36.4 Å². The Morgan fingerprint density at radius 2 is 1.75 bits per heavy atom. The number of fused-ring (bicyclic) bond motifs is 1. The number of carbonyl (C=O) groups is 1. The molecule has 4 rings (SSSR count). The minimum atomic E-state index is 0.180. The highest BCUT2D eigenvalue weighted by atomic mass is 16.7. The molecule has 2 aromatic rings. The van der Waals surface area contributed by atoms with E-state index >= 15 is 0 Å². The van der Waals surface area contributed by atoms with E-state index < -0.39 is 0 Å². The predicted octanol–water partition coefficient (Wildman–Crippen LogP) is 3.41. The van der Waals surface area contributed by atoms with Crippen molar-refractivity contribution in [3.8, 4) is 23.0 Å². The fourth-order valence-corrected chi connectivity index (χ4v) is 3.42. The van der Waals surface area contributed by atoms with Crippen molar-refractivity contribution < 1.29 is 23.7 Å². The molecular weight excluding hydrogens is 358 g/mol. The number of nitrogens with zero attached hydrogens (tertiary/aromatic N) is 1. The molecule has 6 heteroatoms. The lowest BCUT2D eigenvalue weighted by atomic mass is 10.1. The topological polar surface area (TPSA) is 57.2 Å². The molecule has 0 atom stereocenters. The van der Waals surface area contributed by atoms with Crippen molar-refractivity contribution in [2.45, 2.75) is 25.8 Å². The van der Waals surface area contributed by atoms with E-state index in [1.165, 1.54) is 0 Å². The van der Waals surface area contributed by atoms with Gasteiger partial charge in [0.1, 0.15) is 0 Å². The Kier molecular flexibility index (Phi) is 5.28. The maximum Gasteiger partial charge on any atom is 0.231 e. The van der Waals surface area contributed by atoms with E-state index in [0.717, 1.165) is 41.9 Å². The largest absolute Gasteiger partial charge is 0.493 e. The average Bonchev–Trinajstić information content (AvgIpc) is 3.47. The molecule has 2 aromatic carbocycles. The molecule has 1 amide bonds. The summed E-state index contributed by atoms with van der Waals surface area (Å²) < 4.78 is 21.5. The van der Waals surface area contributed by atoms with Crippen molar-refractivity contribution in [2.24, 2.45) is 5.92 Å². The molecule has 0 radical (unpaired) electrons. The van der Waals surface area contributed by atoms with Gasteiger partial charge in [-0.05, 0) is 54.7 Å². The lowest BCUT2D eigenvalue weighted by Gasteiger charge is -2.23. The zero-order chi connectivity index (χ0) is 19.5. The van der Waals surface area contributed by atoms with Crippen LogP contribution in [0, 0.1) is 5.92 Å². The second kappa shape index (κ2) is 8.00. The van der Waals surface area contributed by atoms with Gasteiger partial charge >= 0.3 is 0 Å². The average molecular weight is 383 g/mol. The van der Waals surface area contributed by atoms with Gasteiger partial charge in [0.25, 0.3) is 0 Å². The van der Waals surface area contributed by atoms with Gasteiger partial charge in [-0.15, -0.1) is 0 Å². The van der Waals surface area contributed by atoms with Crippen molar-refractivity contribution in [2.75, 3.05) is 27.6 Å². The Balaban J connectivity index is 1.47. The smallest absolute Gasteiger partial charge is 0.231 e. The van der Waals surface area contributed by atoms with E-state index in [1.54, 1.807) is 14.2 Å². The van der Waals surface area contributed by atoms with Gasteiger partial charge < -0.3 is 23.8 Å². The van der Waals surface area contributed by atoms with Crippen LogP contribution in [0.2, 0.25) is 0 Å². The number of hydrogen-bond acceptors (Lipinski definition) is 5. The molecule has 1 fully saturated rings. The van der Waals surface area contributed by atoms with E-state index in [9.17, 15) is 4.79 Å². The molecule has 2 aliphatic rings. The van der Waals surface area contributed by atoms with Crippen LogP contribution in [0.5, 0.6) is 23.0 Å². The summed E-state index contributed by atoms with van der Waals surface area (Å²) in [6, 6.07) is 11.8. The third kappa shape index (κ3) is 4.01. The van der Waals surface area contributed by atoms with E-state index in [2.05, 4.69) is 0 Å². The van der Waals surface area contributed by atoms with E-state index in [-0.39, 0.29) is 18.6 Å². The third-order valence-corrected chi connectivity index (χ3v) is 5.17. The van der Waals surface area contributed by atoms with Gasteiger partial charge in [-0.1, -0.05) is 12.1 Å². The van der Waals surface area contributed by atoms with Gasteiger partial charge in [0.2, 0.25) is 12.7 Å². The lowest BCUT2D eigenvalue weighted by molar-refractivity contribution is -0.133. The van der Waals surface area contributed by atoms with Crippen molar-refractivity contribution in [3.05, 3.63) is 47.5 Å². The van der Waals surface area contributed by atoms with Gasteiger partial charge in [-0.25, -0.2) is 0 Å². The highest BCUT2D eigenvalue weighted by molar-refractivity contribution is 5.81. The highest BCUT2D eigenvalue weighted by Gasteiger charge is 2.33. The summed E-state index contributed by atoms with van der Waals surface area (Å²) in [5.74, 6) is 3.33. The Hall–Kier alpha value is -2.89. The zero-order valence-electron chi connectivity index (χ0n) is 16.3. The van der Waals surface area contributed by atoms with Crippen LogP contribution < -0.4 is 18.9 Å². The number of amides is 1. The van der Waals surface area contributed by atoms with E-state index in [0.29, 0.717) is 24.6 Å². The first kappa shape index (κ1) is 18.5. The summed E-state index contributed by atoms with van der Waals surface area (Å²) in [6.07, 6.45) is 2.74. The van der Waals surface area contributed by atoms with Crippen LogP contribution in [-0.2, 0) is 17.8 Å². The molecule has 0 N–H and O–H groups in total. The second-order valence-electron chi connectivity index (χ2n) is 7.16. The molecule has 0 spiro atoms. The first-order chi connectivity index (χ1) is 13.7. The van der Waals surface area contributed by atoms with Crippen LogP contribution in [-0.4, -0.2) is 38.4 Å². The van der Waals surface area contributed by atoms with Gasteiger partial charge in [0, 0.05) is 19.0 Å². The maximum absolute atomic E-state index is 12.8. The van der Waals surface area contributed by atoms with Gasteiger partial charge in [-0.3, -0.25) is 4.79 Å². The summed E-state index contributed by atoms with van der Waals surface area (Å²) in [6.45, 7) is 1.47. The van der Waals surface area contributed by atoms with Crippen LogP contribution >= 0.6 is 0 Å². The number of ether oxygens (including phenoxy) is 4. The normalized spacial score (nSPS) is 14.6. The molecule has 0 unspecified atom stereocenters. The Morgan fingerprint density at radius 1 is 1.00 bits per heavy atom. The number of hydrogen-bond donors (Lipinski definition) is 0. The number of rotatable bonds is 8. The van der Waals surface area contributed by atoms with E-state index in [4.69, 9.17) is 18.9 Å². The highest BCUT2D eigenvalue weighted by Crippen LogP contribution is 2.35. The van der Waals surface area contributed by atoms with Crippen molar-refractivity contribution in [1.82, 2.24) is 4.90 Å². The van der Waals surface area contributed by atoms with Crippen LogP contribution in [0.25, 0.3) is 0 Å². The molecule has 6 nitrogen and oxygen atoms in total. The van der Waals surface area contributed by atoms with E-state index in [1.807, 2.05) is 41.3 Å². The summed E-state index contributed by atoms with van der Waals surface area (Å²) in [5, 5.41) is 0. The Bertz CT molecular complexity index is 862. The van der Waals surface area contributed by atoms with Gasteiger partial charge in [0.05, 0.1) is 14.2 Å². The monoisotopic (exact) mass is 383 g/mol. The molecule has 148 valence electrons. The number of carbonyl (C=O) groups excluding carboxylic acids is 1. The predicted molar refractivity (Wildman–Crippen MR) is 104 cm³/mol. The molecule has 1 aliphatic carbocycles. The van der Waals surface area contributed by atoms with Crippen molar-refractivity contribution in [1.29, 1.82) is 0 Å². The molecule has 1 saturated carbocycles. The molecule has 0 saturated heterocycles. The van der Waals surface area contributed by atoms with Crippen molar-refractivity contribution in [3.63, 3.8) is 0 Å². The molecule has 0 aromatic heterocycles. The standard InChI is InChI=1S/C22H25NO5/c1-25-18-7-3-15(11-20(18)26-2)9-10-23(22(24)17-5-6-17)13-16-4-8-19-21(12-16)28-14-27-19/h3-4,7-8,11-12,17H,5-6,9-10,13-14H2,1-2H3.